The smallest absolute Gasteiger partial charge is 0.355 e. The van der Waals surface area contributed by atoms with Crippen molar-refractivity contribution < 1.29 is 14.7 Å². The maximum absolute atomic E-state index is 12.0. The predicted octanol–water partition coefficient (Wildman–Crippen LogP) is 2.53. The van der Waals surface area contributed by atoms with E-state index in [1.807, 2.05) is 13.8 Å². The fraction of sp³-hybridized carbons (Fsp3) is 0.615. The molecule has 1 aromatic rings. The summed E-state index contributed by atoms with van der Waals surface area (Å²) in [5.74, 6) is -0.724. The Bertz CT molecular complexity index is 443. The molecule has 1 aromatic heterocycles. The molecule has 1 rings (SSSR count). The third kappa shape index (κ3) is 4.63. The van der Waals surface area contributed by atoms with E-state index < -0.39 is 5.97 Å². The summed E-state index contributed by atoms with van der Waals surface area (Å²) in [5.41, 5.74) is 0.0308. The van der Waals surface area contributed by atoms with Gasteiger partial charge in [0.15, 0.2) is 5.69 Å². The molecule has 1 heterocycles. The lowest BCUT2D eigenvalue weighted by Gasteiger charge is -2.19. The summed E-state index contributed by atoms with van der Waals surface area (Å²) < 4.78 is 0. The molecule has 2 N–H and O–H groups in total. The summed E-state index contributed by atoms with van der Waals surface area (Å²) in [6.07, 6.45) is 1.83. The van der Waals surface area contributed by atoms with E-state index in [0.29, 0.717) is 17.5 Å². The fourth-order valence-electron chi connectivity index (χ4n) is 1.86. The Kier molecular flexibility index (Phi) is 5.95. The predicted molar refractivity (Wildman–Crippen MR) is 74.2 cm³/mol. The lowest BCUT2D eigenvalue weighted by molar-refractivity contribution is -0.126. The molecule has 5 nitrogen and oxygen atoms in total. The average Bonchev–Trinajstić information content (AvgIpc) is 2.81. The first-order chi connectivity index (χ1) is 8.95. The van der Waals surface area contributed by atoms with Gasteiger partial charge in [0.05, 0.1) is 6.54 Å². The molecule has 19 heavy (non-hydrogen) atoms. The summed E-state index contributed by atoms with van der Waals surface area (Å²) in [4.78, 5) is 26.7. The molecule has 0 fully saturated rings. The Morgan fingerprint density at radius 2 is 2.16 bits per heavy atom. The molecule has 0 aliphatic rings. The molecule has 1 unspecified atom stereocenters. The Hall–Kier alpha value is -1.43. The first-order valence-electron chi connectivity index (χ1n) is 6.41. The normalized spacial score (nSPS) is 12.4. The molecule has 1 amide bonds. The van der Waals surface area contributed by atoms with Gasteiger partial charge in [-0.15, -0.1) is 11.3 Å². The number of carbonyl (C=O) groups excluding carboxylic acids is 1. The minimum atomic E-state index is -1.04. The van der Waals surface area contributed by atoms with Crippen molar-refractivity contribution in [3.05, 3.63) is 16.1 Å². The Labute approximate surface area is 117 Å². The van der Waals surface area contributed by atoms with Crippen LogP contribution in [0.15, 0.2) is 5.38 Å². The number of thiazole rings is 1. The van der Waals surface area contributed by atoms with Gasteiger partial charge in [0.2, 0.25) is 5.91 Å². The zero-order chi connectivity index (χ0) is 14.4. The Morgan fingerprint density at radius 3 is 2.63 bits per heavy atom. The minimum Gasteiger partial charge on any atom is -0.476 e. The molecule has 0 saturated heterocycles. The van der Waals surface area contributed by atoms with E-state index in [9.17, 15) is 9.59 Å². The summed E-state index contributed by atoms with van der Waals surface area (Å²) in [6, 6.07) is 0. The molecule has 106 valence electrons. The second kappa shape index (κ2) is 7.23. The molecule has 0 saturated carbocycles. The van der Waals surface area contributed by atoms with E-state index in [4.69, 9.17) is 5.11 Å². The first-order valence-corrected chi connectivity index (χ1v) is 7.29. The van der Waals surface area contributed by atoms with Crippen LogP contribution in [0.5, 0.6) is 0 Å². The molecular weight excluding hydrogens is 264 g/mol. The highest BCUT2D eigenvalue weighted by atomic mass is 32.1. The van der Waals surface area contributed by atoms with Crippen molar-refractivity contribution in [1.82, 2.24) is 10.3 Å². The van der Waals surface area contributed by atoms with Crippen molar-refractivity contribution in [3.63, 3.8) is 0 Å². The summed E-state index contributed by atoms with van der Waals surface area (Å²) in [5, 5.41) is 13.7. The van der Waals surface area contributed by atoms with Gasteiger partial charge in [0.1, 0.15) is 5.01 Å². The first kappa shape index (κ1) is 15.6. The second-order valence-electron chi connectivity index (χ2n) is 4.79. The number of amides is 1. The highest BCUT2D eigenvalue weighted by Gasteiger charge is 2.21. The maximum Gasteiger partial charge on any atom is 0.355 e. The monoisotopic (exact) mass is 284 g/mol. The number of hydrogen-bond acceptors (Lipinski definition) is 4. The zero-order valence-corrected chi connectivity index (χ0v) is 12.3. The summed E-state index contributed by atoms with van der Waals surface area (Å²) >= 11 is 1.25. The largest absolute Gasteiger partial charge is 0.476 e. The van der Waals surface area contributed by atoms with Crippen molar-refractivity contribution in [2.24, 2.45) is 11.8 Å². The van der Waals surface area contributed by atoms with Gasteiger partial charge in [0.25, 0.3) is 0 Å². The summed E-state index contributed by atoms with van der Waals surface area (Å²) in [7, 11) is 0. The van der Waals surface area contributed by atoms with Gasteiger partial charge in [-0.05, 0) is 12.3 Å². The minimum absolute atomic E-state index is 0.00362. The molecule has 0 radical (unpaired) electrons. The number of carboxylic acid groups (broad SMARTS) is 1. The Balaban J connectivity index is 2.54. The third-order valence-electron chi connectivity index (χ3n) is 2.93. The number of hydrogen-bond donors (Lipinski definition) is 2. The van der Waals surface area contributed by atoms with Gasteiger partial charge in [-0.2, -0.15) is 0 Å². The molecular formula is C13H20N2O3S. The van der Waals surface area contributed by atoms with Crippen molar-refractivity contribution in [2.45, 2.75) is 40.2 Å². The van der Waals surface area contributed by atoms with Crippen LogP contribution in [0.4, 0.5) is 0 Å². The van der Waals surface area contributed by atoms with Crippen LogP contribution >= 0.6 is 11.3 Å². The number of aromatic carboxylic acids is 1. The third-order valence-corrected chi connectivity index (χ3v) is 3.77. The lowest BCUT2D eigenvalue weighted by atomic mass is 9.90. The van der Waals surface area contributed by atoms with Crippen molar-refractivity contribution >= 4 is 23.2 Å². The van der Waals surface area contributed by atoms with Crippen LogP contribution < -0.4 is 5.32 Å². The number of rotatable bonds is 7. The number of nitrogens with one attached hydrogen (secondary N) is 1. The van der Waals surface area contributed by atoms with Gasteiger partial charge >= 0.3 is 5.97 Å². The van der Waals surface area contributed by atoms with Crippen LogP contribution in [0, 0.1) is 11.8 Å². The molecule has 0 aromatic carbocycles. The molecule has 0 spiro atoms. The molecule has 0 bridgehead atoms. The fourth-order valence-corrected chi connectivity index (χ4v) is 2.57. The van der Waals surface area contributed by atoms with Crippen molar-refractivity contribution in [1.29, 1.82) is 0 Å². The van der Waals surface area contributed by atoms with E-state index >= 15 is 0 Å². The van der Waals surface area contributed by atoms with Gasteiger partial charge in [-0.25, -0.2) is 9.78 Å². The topological polar surface area (TPSA) is 79.3 Å². The van der Waals surface area contributed by atoms with Gasteiger partial charge < -0.3 is 10.4 Å². The highest BCUT2D eigenvalue weighted by molar-refractivity contribution is 7.09. The van der Waals surface area contributed by atoms with Gasteiger partial charge in [-0.1, -0.05) is 27.2 Å². The van der Waals surface area contributed by atoms with Gasteiger partial charge in [0, 0.05) is 11.3 Å². The van der Waals surface area contributed by atoms with E-state index in [1.54, 1.807) is 0 Å². The van der Waals surface area contributed by atoms with Crippen LogP contribution in [0.3, 0.4) is 0 Å². The standard InChI is InChI=1S/C13H20N2O3S/c1-4-5-9(8(2)3)12(16)14-6-11-15-10(7-19-11)13(17)18/h7-9H,4-6H2,1-3H3,(H,14,16)(H,17,18). The zero-order valence-electron chi connectivity index (χ0n) is 11.5. The summed E-state index contributed by atoms with van der Waals surface area (Å²) in [6.45, 7) is 6.42. The lowest BCUT2D eigenvalue weighted by Crippen LogP contribution is -2.33. The highest BCUT2D eigenvalue weighted by Crippen LogP contribution is 2.17. The van der Waals surface area contributed by atoms with E-state index in [2.05, 4.69) is 17.2 Å². The molecule has 0 aliphatic carbocycles. The number of carbonyl (C=O) groups is 2. The molecule has 6 heteroatoms. The quantitative estimate of drug-likeness (QED) is 0.806. The van der Waals surface area contributed by atoms with Crippen LogP contribution in [0.25, 0.3) is 0 Å². The van der Waals surface area contributed by atoms with E-state index in [0.717, 1.165) is 12.8 Å². The van der Waals surface area contributed by atoms with Gasteiger partial charge in [-0.3, -0.25) is 4.79 Å². The second-order valence-corrected chi connectivity index (χ2v) is 5.73. The molecule has 0 aliphatic heterocycles. The SMILES string of the molecule is CCCC(C(=O)NCc1nc(C(=O)O)cs1)C(C)C. The Morgan fingerprint density at radius 1 is 1.47 bits per heavy atom. The number of nitrogens with zero attached hydrogens (tertiary/aromatic N) is 1. The maximum atomic E-state index is 12.0. The van der Waals surface area contributed by atoms with E-state index in [-0.39, 0.29) is 17.5 Å². The molecule has 1 atom stereocenters. The van der Waals surface area contributed by atoms with Crippen molar-refractivity contribution in [3.8, 4) is 0 Å². The van der Waals surface area contributed by atoms with Crippen molar-refractivity contribution in [2.75, 3.05) is 0 Å². The average molecular weight is 284 g/mol. The van der Waals surface area contributed by atoms with Crippen LogP contribution in [-0.2, 0) is 11.3 Å². The number of aromatic nitrogens is 1. The number of carboxylic acids is 1. The van der Waals surface area contributed by atoms with Crippen LogP contribution in [0.1, 0.15) is 49.1 Å². The van der Waals surface area contributed by atoms with Crippen LogP contribution in [-0.4, -0.2) is 22.0 Å². The van der Waals surface area contributed by atoms with E-state index in [1.165, 1.54) is 16.7 Å². The van der Waals surface area contributed by atoms with Crippen LogP contribution in [0.2, 0.25) is 0 Å².